The Morgan fingerprint density at radius 1 is 1.09 bits per heavy atom. The third kappa shape index (κ3) is 4.54. The van der Waals surface area contributed by atoms with Gasteiger partial charge in [0.05, 0.1) is 0 Å². The molecule has 164 valence electrons. The summed E-state index contributed by atoms with van der Waals surface area (Å²) in [5, 5.41) is 8.37. The molecule has 32 heavy (non-hydrogen) atoms. The average Bonchev–Trinajstić information content (AvgIpc) is 3.23. The highest BCUT2D eigenvalue weighted by Crippen LogP contribution is 2.26. The number of fused-ring (bicyclic) bond motifs is 1. The number of hydrogen-bond acceptors (Lipinski definition) is 5. The van der Waals surface area contributed by atoms with Gasteiger partial charge >= 0.3 is 0 Å². The highest BCUT2D eigenvalue weighted by Gasteiger charge is 2.24. The Kier molecular flexibility index (Phi) is 6.58. The summed E-state index contributed by atoms with van der Waals surface area (Å²) in [6.07, 6.45) is 2.40. The van der Waals surface area contributed by atoms with Crippen LogP contribution in [0.15, 0.2) is 64.2 Å². The van der Waals surface area contributed by atoms with Crippen molar-refractivity contribution in [3.63, 3.8) is 0 Å². The largest absolute Gasteiger partial charge is 0.354 e. The van der Waals surface area contributed by atoms with Gasteiger partial charge in [0, 0.05) is 22.2 Å². The molecule has 0 fully saturated rings. The second kappa shape index (κ2) is 9.54. The van der Waals surface area contributed by atoms with Crippen LogP contribution < -0.4 is 10.9 Å². The first-order chi connectivity index (χ1) is 15.5. The van der Waals surface area contributed by atoms with Gasteiger partial charge < -0.3 is 9.84 Å². The number of benzene rings is 2. The van der Waals surface area contributed by atoms with Gasteiger partial charge in [0.1, 0.15) is 23.4 Å². The maximum absolute atomic E-state index is 13.3. The quantitative estimate of drug-likeness (QED) is 0.423. The van der Waals surface area contributed by atoms with Crippen LogP contribution in [0.5, 0.6) is 0 Å². The molecule has 4 aromatic rings. The van der Waals surface area contributed by atoms with E-state index in [1.807, 2.05) is 31.2 Å². The van der Waals surface area contributed by atoms with Crippen molar-refractivity contribution in [2.24, 2.45) is 0 Å². The van der Waals surface area contributed by atoms with E-state index in [1.54, 1.807) is 24.3 Å². The number of carbonyl (C=O) groups excluding carboxylic acids is 1. The molecule has 9 heteroatoms. The molecule has 0 aliphatic rings. The van der Waals surface area contributed by atoms with E-state index in [-0.39, 0.29) is 22.6 Å². The van der Waals surface area contributed by atoms with Crippen LogP contribution in [0.3, 0.4) is 0 Å². The molecule has 2 aromatic carbocycles. The second-order valence-corrected chi connectivity index (χ2v) is 8.14. The van der Waals surface area contributed by atoms with Crippen molar-refractivity contribution in [1.29, 1.82) is 0 Å². The molecule has 7 nitrogen and oxygen atoms in total. The third-order valence-electron chi connectivity index (χ3n) is 5.19. The molecule has 0 aliphatic heterocycles. The SMILES string of the molecule is CC[C@@H](C(=O)NCCc1ccc(Cl)cc1)n1cnc2onc(-c3ccc(Cl)cc3)c2c1=O. The van der Waals surface area contributed by atoms with Crippen LogP contribution in [-0.4, -0.2) is 27.2 Å². The van der Waals surface area contributed by atoms with Crippen LogP contribution in [0, 0.1) is 0 Å². The van der Waals surface area contributed by atoms with E-state index in [4.69, 9.17) is 27.7 Å². The smallest absolute Gasteiger partial charge is 0.267 e. The molecule has 1 atom stereocenters. The van der Waals surface area contributed by atoms with Crippen molar-refractivity contribution >= 4 is 40.2 Å². The normalized spacial score (nSPS) is 12.1. The standard InChI is InChI=1S/C23H20Cl2N4O3/c1-2-18(21(30)26-12-11-14-3-7-16(24)8-4-14)29-13-27-22-19(23(29)31)20(28-32-22)15-5-9-17(25)10-6-15/h3-10,13,18H,2,11-12H2,1H3,(H,26,30)/t18-/m0/s1. The number of aromatic nitrogens is 3. The van der Waals surface area contributed by atoms with Crippen molar-refractivity contribution in [1.82, 2.24) is 20.0 Å². The summed E-state index contributed by atoms with van der Waals surface area (Å²) in [6, 6.07) is 13.6. The molecule has 0 unspecified atom stereocenters. The third-order valence-corrected chi connectivity index (χ3v) is 5.69. The predicted molar refractivity (Wildman–Crippen MR) is 124 cm³/mol. The summed E-state index contributed by atoms with van der Waals surface area (Å²) in [5.74, 6) is -0.255. The first-order valence-electron chi connectivity index (χ1n) is 10.1. The maximum atomic E-state index is 13.3. The summed E-state index contributed by atoms with van der Waals surface area (Å²) in [5.41, 5.74) is 1.82. The molecular formula is C23H20Cl2N4O3. The van der Waals surface area contributed by atoms with Gasteiger partial charge in [-0.05, 0) is 42.7 Å². The second-order valence-electron chi connectivity index (χ2n) is 7.27. The van der Waals surface area contributed by atoms with E-state index >= 15 is 0 Å². The lowest BCUT2D eigenvalue weighted by Gasteiger charge is -2.17. The molecule has 1 amide bonds. The van der Waals surface area contributed by atoms with Gasteiger partial charge in [-0.25, -0.2) is 4.98 Å². The average molecular weight is 471 g/mol. The zero-order chi connectivity index (χ0) is 22.7. The van der Waals surface area contributed by atoms with Crippen LogP contribution in [0.25, 0.3) is 22.4 Å². The van der Waals surface area contributed by atoms with E-state index in [1.165, 1.54) is 10.9 Å². The summed E-state index contributed by atoms with van der Waals surface area (Å²) in [4.78, 5) is 30.4. The molecular weight excluding hydrogens is 451 g/mol. The molecule has 0 spiro atoms. The number of halogens is 2. The molecule has 0 radical (unpaired) electrons. The number of hydrogen-bond donors (Lipinski definition) is 1. The minimum Gasteiger partial charge on any atom is -0.354 e. The van der Waals surface area contributed by atoms with Crippen molar-refractivity contribution in [2.75, 3.05) is 6.54 Å². The lowest BCUT2D eigenvalue weighted by molar-refractivity contribution is -0.124. The zero-order valence-electron chi connectivity index (χ0n) is 17.2. The van der Waals surface area contributed by atoms with Crippen molar-refractivity contribution in [3.05, 3.63) is 80.8 Å². The Balaban J connectivity index is 1.57. The summed E-state index contributed by atoms with van der Waals surface area (Å²) in [7, 11) is 0. The lowest BCUT2D eigenvalue weighted by atomic mass is 10.1. The number of amides is 1. The molecule has 0 saturated heterocycles. The summed E-state index contributed by atoms with van der Waals surface area (Å²) >= 11 is 11.9. The van der Waals surface area contributed by atoms with Crippen LogP contribution >= 0.6 is 23.2 Å². The topological polar surface area (TPSA) is 90.0 Å². The highest BCUT2D eigenvalue weighted by atomic mass is 35.5. The number of nitrogens with zero attached hydrogens (tertiary/aromatic N) is 3. The van der Waals surface area contributed by atoms with Crippen LogP contribution in [0.4, 0.5) is 0 Å². The fraction of sp³-hybridized carbons (Fsp3) is 0.217. The molecule has 0 bridgehead atoms. The van der Waals surface area contributed by atoms with Crippen LogP contribution in [-0.2, 0) is 11.2 Å². The van der Waals surface area contributed by atoms with Gasteiger partial charge in [-0.1, -0.05) is 59.5 Å². The number of carbonyl (C=O) groups is 1. The molecule has 2 aromatic heterocycles. The Morgan fingerprint density at radius 3 is 2.41 bits per heavy atom. The Labute approximate surface area is 194 Å². The Hall–Kier alpha value is -3.16. The van der Waals surface area contributed by atoms with Gasteiger partial charge in [-0.15, -0.1) is 0 Å². The zero-order valence-corrected chi connectivity index (χ0v) is 18.7. The van der Waals surface area contributed by atoms with E-state index in [0.717, 1.165) is 5.56 Å². The molecule has 4 rings (SSSR count). The maximum Gasteiger partial charge on any atom is 0.267 e. The van der Waals surface area contributed by atoms with Crippen LogP contribution in [0.2, 0.25) is 10.0 Å². The van der Waals surface area contributed by atoms with Crippen molar-refractivity contribution in [2.45, 2.75) is 25.8 Å². The van der Waals surface area contributed by atoms with Gasteiger partial charge in [0.15, 0.2) is 0 Å². The summed E-state index contributed by atoms with van der Waals surface area (Å²) in [6.45, 7) is 2.28. The minimum atomic E-state index is -0.711. The Bertz CT molecular complexity index is 1300. The van der Waals surface area contributed by atoms with Gasteiger partial charge in [-0.3, -0.25) is 14.2 Å². The fourth-order valence-electron chi connectivity index (χ4n) is 3.49. The van der Waals surface area contributed by atoms with Gasteiger partial charge in [0.25, 0.3) is 11.3 Å². The molecule has 2 heterocycles. The fourth-order valence-corrected chi connectivity index (χ4v) is 3.74. The minimum absolute atomic E-state index is 0.120. The highest BCUT2D eigenvalue weighted by molar-refractivity contribution is 6.30. The van der Waals surface area contributed by atoms with E-state index in [9.17, 15) is 9.59 Å². The van der Waals surface area contributed by atoms with Gasteiger partial charge in [-0.2, -0.15) is 0 Å². The number of rotatable bonds is 7. The monoisotopic (exact) mass is 470 g/mol. The van der Waals surface area contributed by atoms with Crippen LogP contribution in [0.1, 0.15) is 24.9 Å². The molecule has 0 saturated carbocycles. The lowest BCUT2D eigenvalue weighted by Crippen LogP contribution is -2.38. The molecule has 1 N–H and O–H groups in total. The molecule has 0 aliphatic carbocycles. The van der Waals surface area contributed by atoms with Crippen molar-refractivity contribution in [3.8, 4) is 11.3 Å². The van der Waals surface area contributed by atoms with Crippen molar-refractivity contribution < 1.29 is 9.32 Å². The summed E-state index contributed by atoms with van der Waals surface area (Å²) < 4.78 is 6.58. The van der Waals surface area contributed by atoms with E-state index in [2.05, 4.69) is 15.5 Å². The first kappa shape index (κ1) is 22.0. The number of nitrogens with one attached hydrogen (secondary N) is 1. The first-order valence-corrected chi connectivity index (χ1v) is 10.9. The van der Waals surface area contributed by atoms with Gasteiger partial charge in [0.2, 0.25) is 5.91 Å². The van der Waals surface area contributed by atoms with E-state index < -0.39 is 6.04 Å². The van der Waals surface area contributed by atoms with E-state index in [0.29, 0.717) is 40.7 Å². The predicted octanol–water partition coefficient (Wildman–Crippen LogP) is 4.67. The Morgan fingerprint density at radius 2 is 1.75 bits per heavy atom.